The molecule has 3 nitrogen and oxygen atoms in total. The molecule has 30 heavy (non-hydrogen) atoms. The van der Waals surface area contributed by atoms with E-state index >= 15 is 0 Å². The molecular weight excluding hydrogens is 372 g/mol. The first-order valence-electron chi connectivity index (χ1n) is 12.1. The highest BCUT2D eigenvalue weighted by Crippen LogP contribution is 2.59. The van der Waals surface area contributed by atoms with Gasteiger partial charge >= 0.3 is 0 Å². The summed E-state index contributed by atoms with van der Waals surface area (Å²) >= 11 is 0. The van der Waals surface area contributed by atoms with Crippen LogP contribution in [0.5, 0.6) is 0 Å². The molecule has 0 amide bonds. The third-order valence-corrected chi connectivity index (χ3v) is 8.65. The van der Waals surface area contributed by atoms with Gasteiger partial charge in [-0.05, 0) is 91.6 Å². The van der Waals surface area contributed by atoms with Gasteiger partial charge in [0.15, 0.2) is 0 Å². The first kappa shape index (κ1) is 22.0. The zero-order valence-corrected chi connectivity index (χ0v) is 18.8. The molecule has 4 unspecified atom stereocenters. The predicted molar refractivity (Wildman–Crippen MR) is 122 cm³/mol. The lowest BCUT2D eigenvalue weighted by atomic mass is 9.61. The van der Waals surface area contributed by atoms with E-state index in [0.29, 0.717) is 41.9 Å². The van der Waals surface area contributed by atoms with E-state index in [1.54, 1.807) is 0 Å². The van der Waals surface area contributed by atoms with Crippen LogP contribution >= 0.6 is 0 Å². The molecule has 0 bridgehead atoms. The summed E-state index contributed by atoms with van der Waals surface area (Å²) in [5, 5.41) is 30.4. The molecule has 4 fully saturated rings. The van der Waals surface area contributed by atoms with Gasteiger partial charge in [0.05, 0.1) is 18.3 Å². The van der Waals surface area contributed by atoms with Crippen LogP contribution in [0, 0.1) is 29.1 Å². The van der Waals surface area contributed by atoms with E-state index in [0.717, 1.165) is 17.6 Å². The summed E-state index contributed by atoms with van der Waals surface area (Å²) in [6.07, 6.45) is 16.9. The Bertz CT molecular complexity index is 743. The molecule has 0 aliphatic heterocycles. The van der Waals surface area contributed by atoms with Crippen molar-refractivity contribution in [3.8, 4) is 0 Å². The number of rotatable bonds is 5. The molecule has 0 aromatic rings. The third-order valence-electron chi connectivity index (χ3n) is 8.65. The lowest BCUT2D eigenvalue weighted by molar-refractivity contribution is 0.0862. The number of fused-ring (bicyclic) bond motifs is 1. The molecule has 0 radical (unpaired) electrons. The first-order chi connectivity index (χ1) is 14.3. The van der Waals surface area contributed by atoms with E-state index in [1.165, 1.54) is 44.1 Å². The average Bonchev–Trinajstić information content (AvgIpc) is 3.49. The van der Waals surface area contributed by atoms with Crippen molar-refractivity contribution in [3.63, 3.8) is 0 Å². The second-order valence-corrected chi connectivity index (χ2v) is 10.7. The van der Waals surface area contributed by atoms with Crippen molar-refractivity contribution in [2.24, 2.45) is 29.1 Å². The molecule has 0 saturated heterocycles. The number of aliphatic hydroxyl groups excluding tert-OH is 3. The van der Waals surface area contributed by atoms with Gasteiger partial charge in [-0.15, -0.1) is 0 Å². The number of hydrogen-bond acceptors (Lipinski definition) is 3. The smallest absolute Gasteiger partial charge is 0.0811 e. The van der Waals surface area contributed by atoms with Gasteiger partial charge in [-0.25, -0.2) is 0 Å². The van der Waals surface area contributed by atoms with Crippen LogP contribution in [0.3, 0.4) is 0 Å². The van der Waals surface area contributed by atoms with Crippen LogP contribution in [0.15, 0.2) is 47.6 Å². The normalized spacial score (nSPS) is 42.1. The predicted octanol–water partition coefficient (Wildman–Crippen LogP) is 5.09. The van der Waals surface area contributed by atoms with Crippen molar-refractivity contribution in [1.29, 1.82) is 0 Å². The van der Waals surface area contributed by atoms with Crippen LogP contribution in [0.25, 0.3) is 0 Å². The monoisotopic (exact) mass is 412 g/mol. The Balaban J connectivity index is 1.48. The van der Waals surface area contributed by atoms with Crippen LogP contribution in [0.1, 0.15) is 71.6 Å². The van der Waals surface area contributed by atoms with Gasteiger partial charge in [-0.1, -0.05) is 50.3 Å². The lowest BCUT2D eigenvalue weighted by Gasteiger charge is -2.44. The summed E-state index contributed by atoms with van der Waals surface area (Å²) in [6, 6.07) is 0. The second kappa shape index (κ2) is 8.76. The molecule has 3 N–H and O–H groups in total. The van der Waals surface area contributed by atoms with Gasteiger partial charge in [0.2, 0.25) is 0 Å². The highest BCUT2D eigenvalue weighted by molar-refractivity contribution is 5.38. The molecule has 3 heteroatoms. The average molecular weight is 413 g/mol. The van der Waals surface area contributed by atoms with Crippen molar-refractivity contribution < 1.29 is 15.3 Å². The standard InChI is InChI=1S/C27H40O3/c1-17(6-13-25(29)20-8-9-20)23-11-12-24-19(5-4-14-27(23,24)3)7-10-21-15-22(28)16-26(30)18(21)2/h6-7,10,13,17,20,22-26,28-30H,2,4-5,8-9,11-12,14-16H2,1,3H3/b13-6+,19-7+,21-10+/t17-,22?,23?,24?,25?,26+,27-/m1/s1. The molecule has 166 valence electrons. The van der Waals surface area contributed by atoms with Crippen molar-refractivity contribution in [2.75, 3.05) is 0 Å². The van der Waals surface area contributed by atoms with Gasteiger partial charge < -0.3 is 15.3 Å². The van der Waals surface area contributed by atoms with Crippen LogP contribution in [-0.2, 0) is 0 Å². The molecule has 4 saturated carbocycles. The highest BCUT2D eigenvalue weighted by atomic mass is 16.3. The maximum Gasteiger partial charge on any atom is 0.0811 e. The van der Waals surface area contributed by atoms with Gasteiger partial charge in [0.1, 0.15) is 0 Å². The minimum Gasteiger partial charge on any atom is -0.393 e. The van der Waals surface area contributed by atoms with E-state index < -0.39 is 12.2 Å². The Labute approximate surface area is 182 Å². The van der Waals surface area contributed by atoms with Crippen LogP contribution in [-0.4, -0.2) is 33.6 Å². The van der Waals surface area contributed by atoms with Crippen LogP contribution in [0.2, 0.25) is 0 Å². The molecule has 0 spiro atoms. The van der Waals surface area contributed by atoms with Crippen LogP contribution in [0.4, 0.5) is 0 Å². The fourth-order valence-electron chi connectivity index (χ4n) is 6.63. The minimum atomic E-state index is -0.621. The minimum absolute atomic E-state index is 0.250. The maximum absolute atomic E-state index is 10.2. The zero-order chi connectivity index (χ0) is 21.5. The first-order valence-corrected chi connectivity index (χ1v) is 12.1. The summed E-state index contributed by atoms with van der Waals surface area (Å²) in [5.41, 5.74) is 3.63. The molecule has 7 atom stereocenters. The molecule has 4 aliphatic rings. The Morgan fingerprint density at radius 2 is 1.87 bits per heavy atom. The van der Waals surface area contributed by atoms with Gasteiger partial charge in [0.25, 0.3) is 0 Å². The Kier molecular flexibility index (Phi) is 6.44. The zero-order valence-electron chi connectivity index (χ0n) is 18.8. The molecule has 4 rings (SSSR count). The fraction of sp³-hybridized carbons (Fsp3) is 0.704. The summed E-state index contributed by atoms with van der Waals surface area (Å²) in [5.74, 6) is 2.28. The second-order valence-electron chi connectivity index (χ2n) is 10.7. The molecule has 0 aromatic heterocycles. The van der Waals surface area contributed by atoms with E-state index in [4.69, 9.17) is 0 Å². The van der Waals surface area contributed by atoms with Gasteiger partial charge in [-0.2, -0.15) is 0 Å². The maximum atomic E-state index is 10.2. The molecule has 0 heterocycles. The summed E-state index contributed by atoms with van der Waals surface area (Å²) in [4.78, 5) is 0. The van der Waals surface area contributed by atoms with Gasteiger partial charge in [0, 0.05) is 6.42 Å². The number of hydrogen-bond donors (Lipinski definition) is 3. The van der Waals surface area contributed by atoms with Gasteiger partial charge in [-0.3, -0.25) is 0 Å². The van der Waals surface area contributed by atoms with Crippen molar-refractivity contribution in [1.82, 2.24) is 0 Å². The van der Waals surface area contributed by atoms with E-state index in [2.05, 4.69) is 44.7 Å². The molecule has 4 aliphatic carbocycles. The SMILES string of the molecule is C=C1/C(=C/C=C2\CCC[C@@]3(C)C2CCC3[C@H](C)/C=C/C(O)C2CC2)CC(O)C[C@@H]1O. The molecule has 0 aromatic carbocycles. The quantitative estimate of drug-likeness (QED) is 0.551. The lowest BCUT2D eigenvalue weighted by Crippen LogP contribution is -2.35. The van der Waals surface area contributed by atoms with E-state index in [-0.39, 0.29) is 6.10 Å². The largest absolute Gasteiger partial charge is 0.393 e. The fourth-order valence-corrected chi connectivity index (χ4v) is 6.63. The van der Waals surface area contributed by atoms with Crippen molar-refractivity contribution in [2.45, 2.75) is 89.9 Å². The van der Waals surface area contributed by atoms with Crippen molar-refractivity contribution >= 4 is 0 Å². The Hall–Kier alpha value is -1.16. The topological polar surface area (TPSA) is 60.7 Å². The summed E-state index contributed by atoms with van der Waals surface area (Å²) < 4.78 is 0. The number of aliphatic hydroxyl groups is 3. The molecular formula is C27H40O3. The summed E-state index contributed by atoms with van der Waals surface area (Å²) in [6.45, 7) is 8.88. The Morgan fingerprint density at radius 3 is 2.60 bits per heavy atom. The third kappa shape index (κ3) is 4.40. The van der Waals surface area contributed by atoms with Crippen molar-refractivity contribution in [3.05, 3.63) is 47.6 Å². The number of allylic oxidation sites excluding steroid dienone is 4. The van der Waals surface area contributed by atoms with E-state index in [9.17, 15) is 15.3 Å². The van der Waals surface area contributed by atoms with E-state index in [1.807, 2.05) is 0 Å². The Morgan fingerprint density at radius 1 is 1.10 bits per heavy atom. The summed E-state index contributed by atoms with van der Waals surface area (Å²) in [7, 11) is 0. The van der Waals surface area contributed by atoms with Crippen LogP contribution < -0.4 is 0 Å². The highest BCUT2D eigenvalue weighted by Gasteiger charge is 2.50.